The Morgan fingerprint density at radius 3 is 2.70 bits per heavy atom. The number of furan rings is 1. The predicted molar refractivity (Wildman–Crippen MR) is 75.0 cm³/mol. The van der Waals surface area contributed by atoms with Crippen LogP contribution in [0.15, 0.2) is 28.9 Å². The van der Waals surface area contributed by atoms with E-state index in [1.165, 1.54) is 13.2 Å². The lowest BCUT2D eigenvalue weighted by Gasteiger charge is -2.07. The number of hydrogen-bond donors (Lipinski definition) is 0. The molecule has 2 aromatic rings. The molecular weight excluding hydrogens is 258 g/mol. The number of nitrogens with zero attached hydrogens (tertiary/aromatic N) is 1. The van der Waals surface area contributed by atoms with Crippen molar-refractivity contribution in [3.63, 3.8) is 0 Å². The van der Waals surface area contributed by atoms with E-state index in [1.807, 2.05) is 19.0 Å². The van der Waals surface area contributed by atoms with Crippen LogP contribution < -0.4 is 4.74 Å². The standard InChI is InChI=1S/C15H17NO4/c1-10(17)20-11-4-5-15-12(8-11)13(9-19-15)14(18)6-7-16(2)3/h4-5,8-9H,6-7H2,1-3H3. The lowest BCUT2D eigenvalue weighted by molar-refractivity contribution is -0.131. The highest BCUT2D eigenvalue weighted by atomic mass is 16.5. The van der Waals surface area contributed by atoms with Crippen LogP contribution in [0.4, 0.5) is 0 Å². The zero-order valence-electron chi connectivity index (χ0n) is 11.8. The number of benzene rings is 1. The third-order valence-corrected chi connectivity index (χ3v) is 2.89. The minimum absolute atomic E-state index is 0.0115. The summed E-state index contributed by atoms with van der Waals surface area (Å²) >= 11 is 0. The number of fused-ring (bicyclic) bond motifs is 1. The van der Waals surface area contributed by atoms with Gasteiger partial charge in [0.05, 0.1) is 5.56 Å². The first-order valence-corrected chi connectivity index (χ1v) is 6.35. The van der Waals surface area contributed by atoms with Crippen molar-refractivity contribution < 1.29 is 18.7 Å². The molecule has 1 aromatic heterocycles. The van der Waals surface area contributed by atoms with E-state index in [0.29, 0.717) is 35.2 Å². The molecule has 0 spiro atoms. The Kier molecular flexibility index (Phi) is 4.20. The second-order valence-corrected chi connectivity index (χ2v) is 4.88. The van der Waals surface area contributed by atoms with Crippen LogP contribution in [-0.4, -0.2) is 37.3 Å². The third kappa shape index (κ3) is 3.24. The molecule has 0 atom stereocenters. The molecule has 2 rings (SSSR count). The number of carbonyl (C=O) groups excluding carboxylic acids is 2. The Labute approximate surface area is 117 Å². The maximum Gasteiger partial charge on any atom is 0.308 e. The van der Waals surface area contributed by atoms with Gasteiger partial charge in [-0.25, -0.2) is 0 Å². The molecular formula is C15H17NO4. The Bertz CT molecular complexity index is 642. The normalized spacial score (nSPS) is 11.0. The predicted octanol–water partition coefficient (Wildman–Crippen LogP) is 2.49. The highest BCUT2D eigenvalue weighted by Crippen LogP contribution is 2.26. The van der Waals surface area contributed by atoms with E-state index in [0.717, 1.165) is 0 Å². The fourth-order valence-electron chi connectivity index (χ4n) is 1.91. The van der Waals surface area contributed by atoms with Gasteiger partial charge in [-0.3, -0.25) is 9.59 Å². The first-order chi connectivity index (χ1) is 9.47. The Morgan fingerprint density at radius 1 is 1.30 bits per heavy atom. The van der Waals surface area contributed by atoms with Crippen LogP contribution in [0.2, 0.25) is 0 Å². The maximum atomic E-state index is 12.2. The molecule has 5 nitrogen and oxygen atoms in total. The van der Waals surface area contributed by atoms with Gasteiger partial charge in [-0.1, -0.05) is 0 Å². The highest BCUT2D eigenvalue weighted by molar-refractivity contribution is 6.07. The third-order valence-electron chi connectivity index (χ3n) is 2.89. The van der Waals surface area contributed by atoms with Crippen molar-refractivity contribution in [1.82, 2.24) is 4.90 Å². The Balaban J connectivity index is 2.29. The fourth-order valence-corrected chi connectivity index (χ4v) is 1.91. The minimum Gasteiger partial charge on any atom is -0.464 e. The van der Waals surface area contributed by atoms with Crippen LogP contribution in [0, 0.1) is 0 Å². The number of ether oxygens (including phenoxy) is 1. The number of rotatable bonds is 5. The average Bonchev–Trinajstić information content (AvgIpc) is 2.78. The topological polar surface area (TPSA) is 59.8 Å². The van der Waals surface area contributed by atoms with Gasteiger partial charge in [-0.05, 0) is 32.3 Å². The number of carbonyl (C=O) groups is 2. The summed E-state index contributed by atoms with van der Waals surface area (Å²) in [4.78, 5) is 25.1. The largest absolute Gasteiger partial charge is 0.464 e. The van der Waals surface area contributed by atoms with Gasteiger partial charge >= 0.3 is 5.97 Å². The lowest BCUT2D eigenvalue weighted by Crippen LogP contribution is -2.16. The molecule has 0 aliphatic heterocycles. The van der Waals surface area contributed by atoms with Crippen LogP contribution in [0.5, 0.6) is 5.75 Å². The number of hydrogen-bond acceptors (Lipinski definition) is 5. The molecule has 0 saturated heterocycles. The van der Waals surface area contributed by atoms with Gasteiger partial charge in [-0.2, -0.15) is 0 Å². The molecule has 1 aromatic carbocycles. The van der Waals surface area contributed by atoms with Crippen LogP contribution in [-0.2, 0) is 4.79 Å². The van der Waals surface area contributed by atoms with Crippen LogP contribution in [0.3, 0.4) is 0 Å². The van der Waals surface area contributed by atoms with E-state index in [9.17, 15) is 9.59 Å². The van der Waals surface area contributed by atoms with Crippen molar-refractivity contribution >= 4 is 22.7 Å². The molecule has 1 heterocycles. The molecule has 0 aliphatic carbocycles. The van der Waals surface area contributed by atoms with E-state index >= 15 is 0 Å². The summed E-state index contributed by atoms with van der Waals surface area (Å²) in [5, 5.41) is 0.674. The summed E-state index contributed by atoms with van der Waals surface area (Å²) in [5.74, 6) is 0.0267. The quantitative estimate of drug-likeness (QED) is 0.476. The smallest absolute Gasteiger partial charge is 0.308 e. The lowest BCUT2D eigenvalue weighted by atomic mass is 10.1. The molecule has 0 amide bonds. The molecule has 0 unspecified atom stereocenters. The summed E-state index contributed by atoms with van der Waals surface area (Å²) in [6, 6.07) is 4.99. The first-order valence-electron chi connectivity index (χ1n) is 6.35. The summed E-state index contributed by atoms with van der Waals surface area (Å²) in [6.45, 7) is 2.01. The van der Waals surface area contributed by atoms with E-state index in [4.69, 9.17) is 9.15 Å². The number of Topliss-reactive ketones (excluding diaryl/α,β-unsaturated/α-hetero) is 1. The number of ketones is 1. The second-order valence-electron chi connectivity index (χ2n) is 4.88. The minimum atomic E-state index is -0.395. The molecule has 0 fully saturated rings. The average molecular weight is 275 g/mol. The van der Waals surface area contributed by atoms with E-state index < -0.39 is 5.97 Å². The molecule has 0 aliphatic rings. The van der Waals surface area contributed by atoms with Gasteiger partial charge in [0.25, 0.3) is 0 Å². The zero-order chi connectivity index (χ0) is 14.7. The summed E-state index contributed by atoms with van der Waals surface area (Å²) < 4.78 is 10.4. The molecule has 0 radical (unpaired) electrons. The first kappa shape index (κ1) is 14.3. The van der Waals surface area contributed by atoms with Gasteiger partial charge in [-0.15, -0.1) is 0 Å². The summed E-state index contributed by atoms with van der Waals surface area (Å²) in [7, 11) is 3.83. The van der Waals surface area contributed by atoms with Crippen LogP contribution >= 0.6 is 0 Å². The molecule has 5 heteroatoms. The zero-order valence-corrected chi connectivity index (χ0v) is 11.8. The molecule has 20 heavy (non-hydrogen) atoms. The van der Waals surface area contributed by atoms with Crippen molar-refractivity contribution in [3.8, 4) is 5.75 Å². The van der Waals surface area contributed by atoms with Gasteiger partial charge in [0.2, 0.25) is 0 Å². The summed E-state index contributed by atoms with van der Waals surface area (Å²) in [6.07, 6.45) is 1.87. The van der Waals surface area contributed by atoms with E-state index in [2.05, 4.69) is 0 Å². The van der Waals surface area contributed by atoms with Gasteiger partial charge in [0, 0.05) is 25.3 Å². The van der Waals surface area contributed by atoms with Crippen molar-refractivity contribution in [3.05, 3.63) is 30.0 Å². The molecule has 0 bridgehead atoms. The highest BCUT2D eigenvalue weighted by Gasteiger charge is 2.15. The SMILES string of the molecule is CC(=O)Oc1ccc2occ(C(=O)CCN(C)C)c2c1. The molecule has 106 valence electrons. The fraction of sp³-hybridized carbons (Fsp3) is 0.333. The van der Waals surface area contributed by atoms with Gasteiger partial charge in [0.15, 0.2) is 5.78 Å². The van der Waals surface area contributed by atoms with Crippen molar-refractivity contribution in [1.29, 1.82) is 0 Å². The van der Waals surface area contributed by atoms with Crippen molar-refractivity contribution in [2.75, 3.05) is 20.6 Å². The van der Waals surface area contributed by atoms with Gasteiger partial charge in [0.1, 0.15) is 17.6 Å². The van der Waals surface area contributed by atoms with Crippen molar-refractivity contribution in [2.24, 2.45) is 0 Å². The van der Waals surface area contributed by atoms with E-state index in [1.54, 1.807) is 18.2 Å². The van der Waals surface area contributed by atoms with Crippen molar-refractivity contribution in [2.45, 2.75) is 13.3 Å². The van der Waals surface area contributed by atoms with Crippen LogP contribution in [0.25, 0.3) is 11.0 Å². The molecule has 0 saturated carbocycles. The maximum absolute atomic E-state index is 12.2. The molecule has 0 N–H and O–H groups in total. The summed E-state index contributed by atoms with van der Waals surface area (Å²) in [5.41, 5.74) is 1.13. The Hall–Kier alpha value is -2.14. The van der Waals surface area contributed by atoms with Crippen LogP contribution in [0.1, 0.15) is 23.7 Å². The van der Waals surface area contributed by atoms with E-state index in [-0.39, 0.29) is 5.78 Å². The Morgan fingerprint density at radius 2 is 2.05 bits per heavy atom. The van der Waals surface area contributed by atoms with Gasteiger partial charge < -0.3 is 14.1 Å². The monoisotopic (exact) mass is 275 g/mol. The second kappa shape index (κ2) is 5.88. The number of esters is 1.